The Kier molecular flexibility index (Phi) is 2.92. The zero-order valence-electron chi connectivity index (χ0n) is 5.35. The van der Waals surface area contributed by atoms with Crippen LogP contribution in [0.2, 0.25) is 0 Å². The van der Waals surface area contributed by atoms with Crippen LogP contribution in [0.5, 0.6) is 0 Å². The second-order valence-electron chi connectivity index (χ2n) is 1.78. The SMILES string of the molecule is C=CC[13C](=O)N(C)C. The highest BCUT2D eigenvalue weighted by Crippen LogP contribution is 1.85. The minimum atomic E-state index is 0.0972. The molecule has 0 saturated carbocycles. The summed E-state index contributed by atoms with van der Waals surface area (Å²) in [5, 5.41) is 0. The summed E-state index contributed by atoms with van der Waals surface area (Å²) in [6.45, 7) is 3.44. The predicted octanol–water partition coefficient (Wildman–Crippen LogP) is 0.651. The van der Waals surface area contributed by atoms with Crippen molar-refractivity contribution in [2.45, 2.75) is 6.42 Å². The fourth-order valence-electron chi connectivity index (χ4n) is 0.306. The van der Waals surface area contributed by atoms with Gasteiger partial charge in [0.05, 0.1) is 0 Å². The molecule has 0 radical (unpaired) electrons. The van der Waals surface area contributed by atoms with E-state index in [1.807, 2.05) is 0 Å². The number of carbonyl (C=O) groups is 1. The summed E-state index contributed by atoms with van der Waals surface area (Å²) in [6, 6.07) is 0. The van der Waals surface area contributed by atoms with Gasteiger partial charge in [0.25, 0.3) is 0 Å². The van der Waals surface area contributed by atoms with Crippen LogP contribution in [0.1, 0.15) is 6.42 Å². The number of hydrogen-bond acceptors (Lipinski definition) is 1. The van der Waals surface area contributed by atoms with Gasteiger partial charge in [0.2, 0.25) is 5.91 Å². The van der Waals surface area contributed by atoms with Gasteiger partial charge in [-0.2, -0.15) is 0 Å². The number of rotatable bonds is 2. The van der Waals surface area contributed by atoms with Crippen LogP contribution in [0.3, 0.4) is 0 Å². The maximum absolute atomic E-state index is 10.6. The van der Waals surface area contributed by atoms with E-state index >= 15 is 0 Å². The van der Waals surface area contributed by atoms with E-state index in [0.29, 0.717) is 6.42 Å². The topological polar surface area (TPSA) is 20.3 Å². The molecule has 0 unspecified atom stereocenters. The molecule has 0 aromatic rings. The molecule has 8 heavy (non-hydrogen) atoms. The van der Waals surface area contributed by atoms with Crippen LogP contribution in [-0.4, -0.2) is 24.9 Å². The van der Waals surface area contributed by atoms with Gasteiger partial charge in [-0.1, -0.05) is 6.08 Å². The molecule has 46 valence electrons. The van der Waals surface area contributed by atoms with E-state index in [1.54, 1.807) is 25.1 Å². The molecule has 0 spiro atoms. The Labute approximate surface area is 49.8 Å². The van der Waals surface area contributed by atoms with E-state index in [-0.39, 0.29) is 5.91 Å². The second-order valence-corrected chi connectivity index (χ2v) is 1.78. The van der Waals surface area contributed by atoms with Gasteiger partial charge in [-0.05, 0) is 0 Å². The van der Waals surface area contributed by atoms with Crippen molar-refractivity contribution in [3.8, 4) is 0 Å². The first-order valence-corrected chi connectivity index (χ1v) is 2.49. The minimum Gasteiger partial charge on any atom is -0.349 e. The summed E-state index contributed by atoms with van der Waals surface area (Å²) in [6.07, 6.45) is 2.04. The average Bonchev–Trinajstić information content (AvgIpc) is 1.67. The van der Waals surface area contributed by atoms with Gasteiger partial charge in [0.1, 0.15) is 0 Å². The summed E-state index contributed by atoms with van der Waals surface area (Å²) in [5.74, 6) is 0.0972. The smallest absolute Gasteiger partial charge is 0.225 e. The Morgan fingerprint density at radius 3 is 2.38 bits per heavy atom. The Bertz CT molecular complexity index is 96.7. The Hall–Kier alpha value is -0.790. The lowest BCUT2D eigenvalue weighted by molar-refractivity contribution is -0.127. The van der Waals surface area contributed by atoms with Crippen LogP contribution in [0, 0.1) is 0 Å². The molecule has 0 rings (SSSR count). The molecular formula is C6H11NO. The molecule has 0 aromatic carbocycles. The Balaban J connectivity index is 3.48. The molecule has 1 amide bonds. The van der Waals surface area contributed by atoms with Crippen LogP contribution < -0.4 is 0 Å². The van der Waals surface area contributed by atoms with Crippen LogP contribution in [0.25, 0.3) is 0 Å². The summed E-state index contributed by atoms with van der Waals surface area (Å²) >= 11 is 0. The summed E-state index contributed by atoms with van der Waals surface area (Å²) in [7, 11) is 3.46. The van der Waals surface area contributed by atoms with Crippen molar-refractivity contribution in [3.63, 3.8) is 0 Å². The van der Waals surface area contributed by atoms with Gasteiger partial charge >= 0.3 is 0 Å². The molecule has 2 heteroatoms. The standard InChI is InChI=1S/C6H11NO/c1-4-5-6(8)7(2)3/h4H,1,5H2,2-3H3/i6+1. The molecule has 0 aliphatic heterocycles. The second kappa shape index (κ2) is 3.24. The van der Waals surface area contributed by atoms with Crippen molar-refractivity contribution in [3.05, 3.63) is 12.7 Å². The third kappa shape index (κ3) is 2.39. The van der Waals surface area contributed by atoms with Crippen LogP contribution in [-0.2, 0) is 4.79 Å². The molecular weight excluding hydrogens is 103 g/mol. The molecule has 0 aromatic heterocycles. The molecule has 0 aliphatic carbocycles. The highest BCUT2D eigenvalue weighted by molar-refractivity contribution is 5.76. The zero-order valence-corrected chi connectivity index (χ0v) is 5.35. The first kappa shape index (κ1) is 7.21. The first-order valence-electron chi connectivity index (χ1n) is 2.49. The van der Waals surface area contributed by atoms with Crippen molar-refractivity contribution < 1.29 is 4.79 Å². The lowest BCUT2D eigenvalue weighted by atomic mass is 10.6. The largest absolute Gasteiger partial charge is 0.349 e. The molecule has 0 aliphatic rings. The Morgan fingerprint density at radius 1 is 1.75 bits per heavy atom. The van der Waals surface area contributed by atoms with E-state index < -0.39 is 0 Å². The van der Waals surface area contributed by atoms with Gasteiger partial charge < -0.3 is 4.90 Å². The van der Waals surface area contributed by atoms with Gasteiger partial charge in [-0.15, -0.1) is 6.58 Å². The van der Waals surface area contributed by atoms with Crippen LogP contribution >= 0.6 is 0 Å². The van der Waals surface area contributed by atoms with E-state index in [0.717, 1.165) is 0 Å². The third-order valence-electron chi connectivity index (χ3n) is 0.818. The highest BCUT2D eigenvalue weighted by atomic mass is 16.2. The molecule has 2 nitrogen and oxygen atoms in total. The lowest BCUT2D eigenvalue weighted by Crippen LogP contribution is -2.20. The molecule has 0 atom stereocenters. The maximum Gasteiger partial charge on any atom is 0.225 e. The predicted molar refractivity (Wildman–Crippen MR) is 33.5 cm³/mol. The van der Waals surface area contributed by atoms with Gasteiger partial charge in [-0.25, -0.2) is 0 Å². The van der Waals surface area contributed by atoms with Crippen molar-refractivity contribution in [2.24, 2.45) is 0 Å². The van der Waals surface area contributed by atoms with Crippen LogP contribution in [0.15, 0.2) is 12.7 Å². The van der Waals surface area contributed by atoms with Crippen molar-refractivity contribution >= 4 is 5.91 Å². The first-order chi connectivity index (χ1) is 3.68. The number of hydrogen-bond donors (Lipinski definition) is 0. The van der Waals surface area contributed by atoms with E-state index in [4.69, 9.17) is 0 Å². The van der Waals surface area contributed by atoms with Crippen molar-refractivity contribution in [1.82, 2.24) is 4.90 Å². The van der Waals surface area contributed by atoms with Gasteiger partial charge in [0.15, 0.2) is 0 Å². The molecule has 0 N–H and O–H groups in total. The maximum atomic E-state index is 10.6. The van der Waals surface area contributed by atoms with Gasteiger partial charge in [-0.3, -0.25) is 4.79 Å². The van der Waals surface area contributed by atoms with Crippen molar-refractivity contribution in [2.75, 3.05) is 14.1 Å². The van der Waals surface area contributed by atoms with Crippen molar-refractivity contribution in [1.29, 1.82) is 0 Å². The summed E-state index contributed by atoms with van der Waals surface area (Å²) < 4.78 is 0. The zero-order chi connectivity index (χ0) is 6.57. The normalized spacial score (nSPS) is 8.25. The Morgan fingerprint density at radius 2 is 2.25 bits per heavy atom. The quantitative estimate of drug-likeness (QED) is 0.381. The van der Waals surface area contributed by atoms with E-state index in [2.05, 4.69) is 6.58 Å². The number of carbonyl (C=O) groups excluding carboxylic acids is 1. The van der Waals surface area contributed by atoms with E-state index in [1.165, 1.54) is 0 Å². The molecule has 0 bridgehead atoms. The van der Waals surface area contributed by atoms with E-state index in [9.17, 15) is 4.79 Å². The average molecular weight is 114 g/mol. The highest BCUT2D eigenvalue weighted by Gasteiger charge is 1.96. The third-order valence-corrected chi connectivity index (χ3v) is 0.818. The molecule has 0 fully saturated rings. The minimum absolute atomic E-state index is 0.0972. The van der Waals surface area contributed by atoms with Gasteiger partial charge in [0, 0.05) is 20.5 Å². The summed E-state index contributed by atoms with van der Waals surface area (Å²) in [4.78, 5) is 12.1. The van der Waals surface area contributed by atoms with Crippen LogP contribution in [0.4, 0.5) is 0 Å². The number of nitrogens with zero attached hydrogens (tertiary/aromatic N) is 1. The summed E-state index contributed by atoms with van der Waals surface area (Å²) in [5.41, 5.74) is 0. The monoisotopic (exact) mass is 114 g/mol. The fraction of sp³-hybridized carbons (Fsp3) is 0.500. The molecule has 0 saturated heterocycles. The molecule has 0 heterocycles. The fourth-order valence-corrected chi connectivity index (χ4v) is 0.306. The lowest BCUT2D eigenvalue weighted by Gasteiger charge is -2.06. The number of amides is 1.